The first-order valence-electron chi connectivity index (χ1n) is 16.5. The number of piperidine rings is 1. The highest BCUT2D eigenvalue weighted by atomic mass is 19.1. The van der Waals surface area contributed by atoms with Gasteiger partial charge in [-0.1, -0.05) is 71.0 Å². The Hall–Kier alpha value is -3.03. The number of carbonyl (C=O) groups is 1. The molecule has 2 aliphatic heterocycles. The van der Waals surface area contributed by atoms with Crippen LogP contribution in [0.4, 0.5) is 4.39 Å². The fourth-order valence-corrected chi connectivity index (χ4v) is 7.62. The number of aromatic nitrogens is 2. The van der Waals surface area contributed by atoms with Gasteiger partial charge in [-0.3, -0.25) is 14.4 Å². The zero-order chi connectivity index (χ0) is 31.6. The first kappa shape index (κ1) is 32.4. The van der Waals surface area contributed by atoms with Crippen LogP contribution in [0.25, 0.3) is 0 Å². The van der Waals surface area contributed by atoms with E-state index in [2.05, 4.69) is 65.6 Å². The van der Waals surface area contributed by atoms with Crippen LogP contribution in [0.2, 0.25) is 0 Å². The van der Waals surface area contributed by atoms with Crippen molar-refractivity contribution in [3.05, 3.63) is 88.5 Å². The van der Waals surface area contributed by atoms with E-state index in [0.717, 1.165) is 56.7 Å². The van der Waals surface area contributed by atoms with Crippen molar-refractivity contribution in [2.75, 3.05) is 32.7 Å². The summed E-state index contributed by atoms with van der Waals surface area (Å²) >= 11 is 0. The van der Waals surface area contributed by atoms with E-state index in [1.165, 1.54) is 22.9 Å². The van der Waals surface area contributed by atoms with Crippen molar-refractivity contribution in [2.45, 2.75) is 91.1 Å². The SMILES string of the molecule is CCn1nc(Cc2ccc(C(C)C)cc2)cc1C1CCN(C[C@H]2CN([C@@H](C(=O)O)C(C)(C)C)C[C@@H]2c2cccc(F)c2)CC1. The second-order valence-corrected chi connectivity index (χ2v) is 14.5. The third-order valence-corrected chi connectivity index (χ3v) is 9.86. The molecule has 0 amide bonds. The Bertz CT molecular complexity index is 1400. The monoisotopic (exact) mass is 602 g/mol. The molecule has 6 nitrogen and oxygen atoms in total. The highest BCUT2D eigenvalue weighted by molar-refractivity contribution is 5.74. The third-order valence-electron chi connectivity index (χ3n) is 9.86. The summed E-state index contributed by atoms with van der Waals surface area (Å²) in [6, 6.07) is 17.6. The van der Waals surface area contributed by atoms with Gasteiger partial charge in [-0.15, -0.1) is 0 Å². The Kier molecular flexibility index (Phi) is 9.96. The van der Waals surface area contributed by atoms with Crippen molar-refractivity contribution in [2.24, 2.45) is 11.3 Å². The summed E-state index contributed by atoms with van der Waals surface area (Å²) in [5.74, 6) is 0.346. The fourth-order valence-electron chi connectivity index (χ4n) is 7.62. The number of hydrogen-bond acceptors (Lipinski definition) is 4. The number of halogens is 1. The first-order chi connectivity index (χ1) is 20.9. The zero-order valence-electron chi connectivity index (χ0n) is 27.5. The summed E-state index contributed by atoms with van der Waals surface area (Å²) in [7, 11) is 0. The molecule has 0 saturated carbocycles. The summed E-state index contributed by atoms with van der Waals surface area (Å²) in [4.78, 5) is 17.1. The van der Waals surface area contributed by atoms with Crippen molar-refractivity contribution in [3.8, 4) is 0 Å². The summed E-state index contributed by atoms with van der Waals surface area (Å²) in [6.07, 6.45) is 3.01. The quantitative estimate of drug-likeness (QED) is 0.267. The van der Waals surface area contributed by atoms with E-state index in [1.807, 2.05) is 26.8 Å². The molecule has 2 fully saturated rings. The lowest BCUT2D eigenvalue weighted by molar-refractivity contribution is -0.147. The van der Waals surface area contributed by atoms with Gasteiger partial charge in [-0.2, -0.15) is 5.10 Å². The molecule has 238 valence electrons. The molecule has 2 aliphatic rings. The lowest BCUT2D eigenvalue weighted by atomic mass is 9.85. The molecule has 3 heterocycles. The molecule has 0 radical (unpaired) electrons. The molecule has 0 spiro atoms. The number of carboxylic acids is 1. The number of hydrogen-bond donors (Lipinski definition) is 1. The second-order valence-electron chi connectivity index (χ2n) is 14.5. The second kappa shape index (κ2) is 13.5. The molecular weight excluding hydrogens is 551 g/mol. The van der Waals surface area contributed by atoms with Crippen LogP contribution in [0.5, 0.6) is 0 Å². The summed E-state index contributed by atoms with van der Waals surface area (Å²) < 4.78 is 16.5. The number of aryl methyl sites for hydroxylation is 1. The number of benzene rings is 2. The van der Waals surface area contributed by atoms with Crippen LogP contribution in [0.3, 0.4) is 0 Å². The maximum atomic E-state index is 14.3. The summed E-state index contributed by atoms with van der Waals surface area (Å²) in [5.41, 5.74) is 5.72. The molecule has 3 atom stereocenters. The lowest BCUT2D eigenvalue weighted by Gasteiger charge is -2.36. The molecule has 44 heavy (non-hydrogen) atoms. The van der Waals surface area contributed by atoms with E-state index in [-0.39, 0.29) is 17.7 Å². The highest BCUT2D eigenvalue weighted by Crippen LogP contribution is 2.39. The van der Waals surface area contributed by atoms with Crippen molar-refractivity contribution >= 4 is 5.97 Å². The van der Waals surface area contributed by atoms with E-state index in [0.29, 0.717) is 24.9 Å². The van der Waals surface area contributed by atoms with Gasteiger partial charge in [0, 0.05) is 50.1 Å². The van der Waals surface area contributed by atoms with Gasteiger partial charge in [0.05, 0.1) is 5.69 Å². The van der Waals surface area contributed by atoms with Crippen LogP contribution >= 0.6 is 0 Å². The van der Waals surface area contributed by atoms with Crippen LogP contribution < -0.4 is 0 Å². The maximum absolute atomic E-state index is 14.3. The van der Waals surface area contributed by atoms with Gasteiger partial charge in [0.1, 0.15) is 11.9 Å². The van der Waals surface area contributed by atoms with Crippen LogP contribution in [-0.2, 0) is 17.8 Å². The average Bonchev–Trinajstić information content (AvgIpc) is 3.56. The van der Waals surface area contributed by atoms with Crippen molar-refractivity contribution in [1.82, 2.24) is 19.6 Å². The number of nitrogens with zero attached hydrogens (tertiary/aromatic N) is 4. The van der Waals surface area contributed by atoms with Gasteiger partial charge in [-0.05, 0) is 85.0 Å². The molecule has 1 N–H and O–H groups in total. The zero-order valence-corrected chi connectivity index (χ0v) is 27.5. The van der Waals surface area contributed by atoms with E-state index in [9.17, 15) is 14.3 Å². The molecule has 2 aromatic carbocycles. The van der Waals surface area contributed by atoms with E-state index >= 15 is 0 Å². The molecule has 2 saturated heterocycles. The fraction of sp³-hybridized carbons (Fsp3) is 0.568. The average molecular weight is 603 g/mol. The molecule has 0 bridgehead atoms. The van der Waals surface area contributed by atoms with Gasteiger partial charge in [0.2, 0.25) is 0 Å². The number of likely N-dealkylation sites (tertiary alicyclic amines) is 2. The van der Waals surface area contributed by atoms with Crippen molar-refractivity contribution in [1.29, 1.82) is 0 Å². The minimum Gasteiger partial charge on any atom is -0.480 e. The van der Waals surface area contributed by atoms with Gasteiger partial charge >= 0.3 is 5.97 Å². The Morgan fingerprint density at radius 2 is 1.75 bits per heavy atom. The maximum Gasteiger partial charge on any atom is 0.321 e. The normalized spacial score (nSPS) is 21.3. The van der Waals surface area contributed by atoms with Gasteiger partial charge in [-0.25, -0.2) is 4.39 Å². The predicted octanol–water partition coefficient (Wildman–Crippen LogP) is 7.15. The van der Waals surface area contributed by atoms with Crippen LogP contribution in [0.1, 0.15) is 100 Å². The predicted molar refractivity (Wildman–Crippen MR) is 175 cm³/mol. The molecule has 0 aliphatic carbocycles. The van der Waals surface area contributed by atoms with E-state index in [4.69, 9.17) is 5.10 Å². The van der Waals surface area contributed by atoms with Crippen LogP contribution in [0.15, 0.2) is 54.6 Å². The Morgan fingerprint density at radius 1 is 1.05 bits per heavy atom. The number of carboxylic acid groups (broad SMARTS) is 1. The minimum absolute atomic E-state index is 0.103. The molecule has 7 heteroatoms. The highest BCUT2D eigenvalue weighted by Gasteiger charge is 2.44. The smallest absolute Gasteiger partial charge is 0.321 e. The standard InChI is InChI=1S/C37H51FN4O2/c1-7-42-34(21-32(39-42)19-26-11-13-27(14-12-26)25(2)3)28-15-17-40(18-16-28)22-30-23-41(35(36(43)44)37(4,5)6)24-33(30)29-9-8-10-31(38)20-29/h8-14,20-21,25,28,30,33,35H,7,15-19,22-24H2,1-6H3,(H,43,44)/t30-,33+,35-/m0/s1. The number of rotatable bonds is 10. The summed E-state index contributed by atoms with van der Waals surface area (Å²) in [6.45, 7) is 17.7. The first-order valence-corrected chi connectivity index (χ1v) is 16.5. The van der Waals surface area contributed by atoms with Crippen LogP contribution in [0, 0.1) is 17.2 Å². The van der Waals surface area contributed by atoms with E-state index in [1.54, 1.807) is 12.1 Å². The minimum atomic E-state index is -0.781. The van der Waals surface area contributed by atoms with Crippen molar-refractivity contribution < 1.29 is 14.3 Å². The van der Waals surface area contributed by atoms with Gasteiger partial charge in [0.25, 0.3) is 0 Å². The van der Waals surface area contributed by atoms with Gasteiger partial charge < -0.3 is 10.0 Å². The van der Waals surface area contributed by atoms with E-state index < -0.39 is 17.4 Å². The topological polar surface area (TPSA) is 61.6 Å². The van der Waals surface area contributed by atoms with Crippen molar-refractivity contribution in [3.63, 3.8) is 0 Å². The molecule has 3 aromatic rings. The molecule has 5 rings (SSSR count). The van der Waals surface area contributed by atoms with Crippen LogP contribution in [-0.4, -0.2) is 69.4 Å². The molecule has 0 unspecified atom stereocenters. The lowest BCUT2D eigenvalue weighted by Crippen LogP contribution is -2.48. The third kappa shape index (κ3) is 7.43. The Balaban J connectivity index is 1.25. The Morgan fingerprint density at radius 3 is 2.34 bits per heavy atom. The largest absolute Gasteiger partial charge is 0.480 e. The molecular formula is C37H51FN4O2. The molecule has 1 aromatic heterocycles. The Labute approximate surface area is 263 Å². The summed E-state index contributed by atoms with van der Waals surface area (Å²) in [5, 5.41) is 15.1. The van der Waals surface area contributed by atoms with Gasteiger partial charge in [0.15, 0.2) is 0 Å². The number of aliphatic carboxylic acids is 1.